The topological polar surface area (TPSA) is 55.4 Å². The highest BCUT2D eigenvalue weighted by Crippen LogP contribution is 2.44. The van der Waals surface area contributed by atoms with Crippen LogP contribution in [0.15, 0.2) is 48.5 Å². The summed E-state index contributed by atoms with van der Waals surface area (Å²) in [5.41, 5.74) is 4.72. The van der Waals surface area contributed by atoms with Crippen molar-refractivity contribution in [1.29, 1.82) is 0 Å². The highest BCUT2D eigenvalue weighted by atomic mass is 16.5. The van der Waals surface area contributed by atoms with Crippen LogP contribution in [0.3, 0.4) is 0 Å². The molecule has 4 nitrogen and oxygen atoms in total. The van der Waals surface area contributed by atoms with Crippen LogP contribution < -0.4 is 5.32 Å². The first kappa shape index (κ1) is 15.3. The summed E-state index contributed by atoms with van der Waals surface area (Å²) in [7, 11) is 0. The smallest absolute Gasteiger partial charge is 0.407 e. The Labute approximate surface area is 135 Å². The standard InChI is InChI=1S/C19H19NO3/c1-2-13(11-21)20-19(22)23-12-18-16-9-5-3-7-14(16)15-8-4-6-10-17(15)18/h3-11,13,18H,2,12H2,1H3,(H,20,22)/t13-/m1/s1. The number of hydrogen-bond donors (Lipinski definition) is 1. The van der Waals surface area contributed by atoms with E-state index in [1.54, 1.807) is 0 Å². The molecule has 1 atom stereocenters. The minimum atomic E-state index is -0.550. The molecule has 0 saturated heterocycles. The summed E-state index contributed by atoms with van der Waals surface area (Å²) in [5, 5.41) is 2.56. The molecular weight excluding hydrogens is 290 g/mol. The molecule has 0 heterocycles. The number of alkyl carbamates (subject to hydrolysis) is 1. The van der Waals surface area contributed by atoms with E-state index in [-0.39, 0.29) is 12.5 Å². The lowest BCUT2D eigenvalue weighted by Gasteiger charge is -2.16. The molecule has 118 valence electrons. The fraction of sp³-hybridized carbons (Fsp3) is 0.263. The molecule has 4 heteroatoms. The van der Waals surface area contributed by atoms with Gasteiger partial charge < -0.3 is 14.8 Å². The van der Waals surface area contributed by atoms with Crippen LogP contribution in [-0.4, -0.2) is 25.0 Å². The number of rotatable bonds is 5. The quantitative estimate of drug-likeness (QED) is 0.860. The highest BCUT2D eigenvalue weighted by molar-refractivity contribution is 5.79. The molecule has 0 spiro atoms. The van der Waals surface area contributed by atoms with E-state index in [1.165, 1.54) is 22.3 Å². The van der Waals surface area contributed by atoms with Crippen molar-refractivity contribution in [2.75, 3.05) is 6.61 Å². The maximum Gasteiger partial charge on any atom is 0.407 e. The van der Waals surface area contributed by atoms with Crippen molar-refractivity contribution in [1.82, 2.24) is 5.32 Å². The number of aldehydes is 1. The molecule has 1 amide bonds. The van der Waals surface area contributed by atoms with E-state index in [1.807, 2.05) is 31.2 Å². The lowest BCUT2D eigenvalue weighted by atomic mass is 9.98. The minimum Gasteiger partial charge on any atom is -0.449 e. The van der Waals surface area contributed by atoms with E-state index in [4.69, 9.17) is 4.74 Å². The largest absolute Gasteiger partial charge is 0.449 e. The molecule has 0 aliphatic heterocycles. The Morgan fingerprint density at radius 1 is 1.13 bits per heavy atom. The van der Waals surface area contributed by atoms with Crippen molar-refractivity contribution >= 4 is 12.4 Å². The van der Waals surface area contributed by atoms with Gasteiger partial charge in [0.1, 0.15) is 12.9 Å². The van der Waals surface area contributed by atoms with Gasteiger partial charge in [-0.2, -0.15) is 0 Å². The molecule has 1 aliphatic carbocycles. The summed E-state index contributed by atoms with van der Waals surface area (Å²) in [6, 6.07) is 15.9. The van der Waals surface area contributed by atoms with Crippen molar-refractivity contribution in [3.63, 3.8) is 0 Å². The Balaban J connectivity index is 1.76. The summed E-state index contributed by atoms with van der Waals surface area (Å²) < 4.78 is 5.36. The monoisotopic (exact) mass is 309 g/mol. The summed E-state index contributed by atoms with van der Waals surface area (Å²) >= 11 is 0. The van der Waals surface area contributed by atoms with E-state index in [0.717, 1.165) is 6.29 Å². The molecule has 23 heavy (non-hydrogen) atoms. The van der Waals surface area contributed by atoms with Gasteiger partial charge in [0.2, 0.25) is 0 Å². The van der Waals surface area contributed by atoms with Crippen molar-refractivity contribution < 1.29 is 14.3 Å². The van der Waals surface area contributed by atoms with Gasteiger partial charge in [0, 0.05) is 5.92 Å². The maximum atomic E-state index is 11.9. The van der Waals surface area contributed by atoms with Crippen LogP contribution in [-0.2, 0) is 9.53 Å². The van der Waals surface area contributed by atoms with Crippen LogP contribution >= 0.6 is 0 Å². The Kier molecular flexibility index (Phi) is 4.42. The van der Waals surface area contributed by atoms with Crippen molar-refractivity contribution in [3.05, 3.63) is 59.7 Å². The first-order valence-electron chi connectivity index (χ1n) is 7.81. The van der Waals surface area contributed by atoms with Crippen LogP contribution in [0.5, 0.6) is 0 Å². The molecular formula is C19H19NO3. The zero-order chi connectivity index (χ0) is 16.2. The van der Waals surface area contributed by atoms with Gasteiger partial charge in [-0.15, -0.1) is 0 Å². The van der Waals surface area contributed by atoms with Gasteiger partial charge in [0.05, 0.1) is 6.04 Å². The van der Waals surface area contributed by atoms with Crippen molar-refractivity contribution in [2.45, 2.75) is 25.3 Å². The van der Waals surface area contributed by atoms with Crippen molar-refractivity contribution in [3.8, 4) is 11.1 Å². The zero-order valence-corrected chi connectivity index (χ0v) is 13.0. The molecule has 0 aromatic heterocycles. The van der Waals surface area contributed by atoms with E-state index in [0.29, 0.717) is 6.42 Å². The number of amides is 1. The zero-order valence-electron chi connectivity index (χ0n) is 13.0. The maximum absolute atomic E-state index is 11.9. The molecule has 0 saturated carbocycles. The van der Waals surface area contributed by atoms with Crippen LogP contribution in [0, 0.1) is 0 Å². The molecule has 1 aliphatic rings. The third-order valence-corrected chi connectivity index (χ3v) is 4.25. The van der Waals surface area contributed by atoms with Gasteiger partial charge in [-0.25, -0.2) is 4.79 Å². The van der Waals surface area contributed by atoms with E-state index < -0.39 is 12.1 Å². The van der Waals surface area contributed by atoms with Gasteiger partial charge >= 0.3 is 6.09 Å². The lowest BCUT2D eigenvalue weighted by Crippen LogP contribution is -2.36. The highest BCUT2D eigenvalue weighted by Gasteiger charge is 2.29. The van der Waals surface area contributed by atoms with Gasteiger partial charge in [-0.05, 0) is 28.7 Å². The number of nitrogens with one attached hydrogen (secondary N) is 1. The van der Waals surface area contributed by atoms with E-state index >= 15 is 0 Å². The molecule has 2 aromatic carbocycles. The molecule has 0 fully saturated rings. The molecule has 1 N–H and O–H groups in total. The van der Waals surface area contributed by atoms with Gasteiger partial charge in [-0.1, -0.05) is 55.5 Å². The third kappa shape index (κ3) is 2.97. The number of benzene rings is 2. The van der Waals surface area contributed by atoms with Crippen LogP contribution in [0.2, 0.25) is 0 Å². The normalized spacial score (nSPS) is 13.8. The Morgan fingerprint density at radius 2 is 1.70 bits per heavy atom. The predicted octanol–water partition coefficient (Wildman–Crippen LogP) is 3.50. The number of carbonyl (C=O) groups excluding carboxylic acids is 2. The average Bonchev–Trinajstić information content (AvgIpc) is 2.92. The fourth-order valence-electron chi connectivity index (χ4n) is 3.02. The number of carbonyl (C=O) groups is 2. The van der Waals surface area contributed by atoms with Crippen LogP contribution in [0.4, 0.5) is 4.79 Å². The Hall–Kier alpha value is -2.62. The Bertz CT molecular complexity index is 681. The van der Waals surface area contributed by atoms with E-state index in [2.05, 4.69) is 29.6 Å². The fourth-order valence-corrected chi connectivity index (χ4v) is 3.02. The predicted molar refractivity (Wildman–Crippen MR) is 88.3 cm³/mol. The minimum absolute atomic E-state index is 0.0319. The van der Waals surface area contributed by atoms with Gasteiger partial charge in [0.15, 0.2) is 0 Å². The van der Waals surface area contributed by atoms with Gasteiger partial charge in [-0.3, -0.25) is 0 Å². The summed E-state index contributed by atoms with van der Waals surface area (Å²) in [6.45, 7) is 2.10. The third-order valence-electron chi connectivity index (χ3n) is 4.25. The van der Waals surface area contributed by atoms with Crippen LogP contribution in [0.25, 0.3) is 11.1 Å². The Morgan fingerprint density at radius 3 is 2.22 bits per heavy atom. The lowest BCUT2D eigenvalue weighted by molar-refractivity contribution is -0.109. The summed E-state index contributed by atoms with van der Waals surface area (Å²) in [5.74, 6) is 0.0319. The first-order valence-corrected chi connectivity index (χ1v) is 7.81. The number of fused-ring (bicyclic) bond motifs is 3. The SMILES string of the molecule is CC[C@H](C=O)NC(=O)OCC1c2ccccc2-c2ccccc21. The molecule has 3 rings (SSSR count). The average molecular weight is 309 g/mol. The number of ether oxygens (including phenoxy) is 1. The molecule has 0 unspecified atom stereocenters. The van der Waals surface area contributed by atoms with Gasteiger partial charge in [0.25, 0.3) is 0 Å². The molecule has 0 bridgehead atoms. The second-order valence-electron chi connectivity index (χ2n) is 5.62. The molecule has 0 radical (unpaired) electrons. The van der Waals surface area contributed by atoms with Crippen molar-refractivity contribution in [2.24, 2.45) is 0 Å². The second-order valence-corrected chi connectivity index (χ2v) is 5.62. The second kappa shape index (κ2) is 6.65. The molecule has 2 aromatic rings. The number of hydrogen-bond acceptors (Lipinski definition) is 3. The van der Waals surface area contributed by atoms with E-state index in [9.17, 15) is 9.59 Å². The summed E-state index contributed by atoms with van der Waals surface area (Å²) in [6.07, 6.45) is 0.723. The summed E-state index contributed by atoms with van der Waals surface area (Å²) in [4.78, 5) is 22.6. The first-order chi connectivity index (χ1) is 11.2. The van der Waals surface area contributed by atoms with Crippen LogP contribution in [0.1, 0.15) is 30.4 Å².